The number of ether oxygens (including phenoxy) is 3. The van der Waals surface area contributed by atoms with Crippen molar-refractivity contribution in [2.75, 3.05) is 40.1 Å². The van der Waals surface area contributed by atoms with Gasteiger partial charge in [0, 0.05) is 13.7 Å². The Labute approximate surface area is 104 Å². The molecule has 0 spiro atoms. The first-order valence-corrected chi connectivity index (χ1v) is 6.10. The van der Waals surface area contributed by atoms with Gasteiger partial charge in [0.15, 0.2) is 0 Å². The molecule has 0 aromatic carbocycles. The van der Waals surface area contributed by atoms with Gasteiger partial charge >= 0.3 is 5.97 Å². The maximum absolute atomic E-state index is 11.9. The summed E-state index contributed by atoms with van der Waals surface area (Å²) in [5.74, 6) is -0.222. The molecule has 17 heavy (non-hydrogen) atoms. The fourth-order valence-electron chi connectivity index (χ4n) is 1.50. The van der Waals surface area contributed by atoms with E-state index < -0.39 is 5.41 Å². The van der Waals surface area contributed by atoms with Gasteiger partial charge in [-0.1, -0.05) is 13.8 Å². The third-order valence-electron chi connectivity index (χ3n) is 3.07. The topological polar surface area (TPSA) is 70.8 Å². The average Bonchev–Trinajstić information content (AvgIpc) is 2.36. The Morgan fingerprint density at radius 2 is 1.71 bits per heavy atom. The molecule has 5 heteroatoms. The quantitative estimate of drug-likeness (QED) is 0.460. The molecule has 0 rings (SSSR count). The molecular formula is C12H25NO4. The summed E-state index contributed by atoms with van der Waals surface area (Å²) in [5, 5.41) is 0. The molecule has 0 atom stereocenters. The molecule has 0 saturated heterocycles. The first-order valence-electron chi connectivity index (χ1n) is 6.10. The predicted molar refractivity (Wildman–Crippen MR) is 65.7 cm³/mol. The average molecular weight is 247 g/mol. The van der Waals surface area contributed by atoms with E-state index in [-0.39, 0.29) is 12.6 Å². The summed E-state index contributed by atoms with van der Waals surface area (Å²) in [7, 11) is 1.61. The Morgan fingerprint density at radius 1 is 1.12 bits per heavy atom. The lowest BCUT2D eigenvalue weighted by Gasteiger charge is -2.27. The van der Waals surface area contributed by atoms with Gasteiger partial charge in [-0.05, 0) is 12.8 Å². The van der Waals surface area contributed by atoms with Crippen molar-refractivity contribution in [3.05, 3.63) is 0 Å². The Kier molecular flexibility index (Phi) is 9.03. The van der Waals surface area contributed by atoms with Crippen molar-refractivity contribution in [1.82, 2.24) is 0 Å². The Morgan fingerprint density at radius 3 is 2.18 bits per heavy atom. The second-order valence-electron chi connectivity index (χ2n) is 3.93. The van der Waals surface area contributed by atoms with Crippen LogP contribution in [0.25, 0.3) is 0 Å². The molecular weight excluding hydrogens is 222 g/mol. The highest BCUT2D eigenvalue weighted by Crippen LogP contribution is 2.26. The monoisotopic (exact) mass is 247 g/mol. The number of rotatable bonds is 10. The summed E-state index contributed by atoms with van der Waals surface area (Å²) >= 11 is 0. The minimum atomic E-state index is -0.535. The Bertz CT molecular complexity index is 196. The van der Waals surface area contributed by atoms with Crippen LogP contribution in [0.3, 0.4) is 0 Å². The van der Waals surface area contributed by atoms with E-state index in [0.717, 1.165) is 0 Å². The summed E-state index contributed by atoms with van der Waals surface area (Å²) in [5.41, 5.74) is 5.12. The van der Waals surface area contributed by atoms with E-state index in [9.17, 15) is 4.79 Å². The number of esters is 1. The number of nitrogens with two attached hydrogens (primary N) is 1. The molecule has 0 bridgehead atoms. The van der Waals surface area contributed by atoms with E-state index >= 15 is 0 Å². The van der Waals surface area contributed by atoms with Crippen molar-refractivity contribution in [3.8, 4) is 0 Å². The van der Waals surface area contributed by atoms with Crippen LogP contribution in [0.1, 0.15) is 26.7 Å². The van der Waals surface area contributed by atoms with Gasteiger partial charge < -0.3 is 19.9 Å². The van der Waals surface area contributed by atoms with Crippen LogP contribution in [0.2, 0.25) is 0 Å². The second kappa shape index (κ2) is 9.39. The third-order valence-corrected chi connectivity index (χ3v) is 3.07. The van der Waals surface area contributed by atoms with Crippen LogP contribution in [-0.2, 0) is 19.0 Å². The van der Waals surface area contributed by atoms with E-state index in [1.807, 2.05) is 13.8 Å². The van der Waals surface area contributed by atoms with Gasteiger partial charge in [0.05, 0.1) is 25.2 Å². The largest absolute Gasteiger partial charge is 0.463 e. The Balaban J connectivity index is 3.83. The van der Waals surface area contributed by atoms with Crippen LogP contribution in [0.15, 0.2) is 0 Å². The summed E-state index contributed by atoms with van der Waals surface area (Å²) in [6, 6.07) is 0. The molecule has 102 valence electrons. The molecule has 0 heterocycles. The smallest absolute Gasteiger partial charge is 0.313 e. The summed E-state index contributed by atoms with van der Waals surface area (Å²) in [6.07, 6.45) is 1.40. The third kappa shape index (κ3) is 5.48. The van der Waals surface area contributed by atoms with Crippen molar-refractivity contribution in [2.45, 2.75) is 26.7 Å². The van der Waals surface area contributed by atoms with Crippen molar-refractivity contribution in [3.63, 3.8) is 0 Å². The van der Waals surface area contributed by atoms with Crippen molar-refractivity contribution < 1.29 is 19.0 Å². The van der Waals surface area contributed by atoms with E-state index in [2.05, 4.69) is 0 Å². The molecule has 0 aromatic rings. The minimum absolute atomic E-state index is 0.222. The maximum Gasteiger partial charge on any atom is 0.313 e. The maximum atomic E-state index is 11.9. The standard InChI is InChI=1S/C12H25NO4/c1-4-12(5-2,10-13)11(14)17-9-8-16-7-6-15-3/h4-10,13H2,1-3H3. The van der Waals surface area contributed by atoms with Crippen LogP contribution < -0.4 is 5.73 Å². The van der Waals surface area contributed by atoms with Gasteiger partial charge in [-0.15, -0.1) is 0 Å². The number of hydrogen-bond donors (Lipinski definition) is 1. The molecule has 0 aliphatic heterocycles. The van der Waals surface area contributed by atoms with Crippen LogP contribution in [0.4, 0.5) is 0 Å². The van der Waals surface area contributed by atoms with E-state index in [0.29, 0.717) is 39.2 Å². The highest BCUT2D eigenvalue weighted by Gasteiger charge is 2.34. The van der Waals surface area contributed by atoms with E-state index in [1.54, 1.807) is 7.11 Å². The molecule has 0 aliphatic carbocycles. The molecule has 0 radical (unpaired) electrons. The normalized spacial score (nSPS) is 11.5. The predicted octanol–water partition coefficient (Wildman–Crippen LogP) is 0.958. The van der Waals surface area contributed by atoms with Crippen LogP contribution in [0.5, 0.6) is 0 Å². The second-order valence-corrected chi connectivity index (χ2v) is 3.93. The van der Waals surface area contributed by atoms with Crippen LogP contribution in [0, 0.1) is 5.41 Å². The number of carbonyl (C=O) groups is 1. The zero-order valence-corrected chi connectivity index (χ0v) is 11.2. The number of carbonyl (C=O) groups excluding carboxylic acids is 1. The van der Waals surface area contributed by atoms with Crippen LogP contribution in [-0.4, -0.2) is 46.1 Å². The molecule has 0 saturated carbocycles. The van der Waals surface area contributed by atoms with Crippen molar-refractivity contribution in [1.29, 1.82) is 0 Å². The summed E-state index contributed by atoms with van der Waals surface area (Å²) in [6.45, 7) is 5.94. The SMILES string of the molecule is CCC(CC)(CN)C(=O)OCCOCCOC. The lowest BCUT2D eigenvalue weighted by atomic mass is 9.82. The van der Waals surface area contributed by atoms with Gasteiger partial charge in [-0.2, -0.15) is 0 Å². The van der Waals surface area contributed by atoms with Gasteiger partial charge in [-0.25, -0.2) is 0 Å². The van der Waals surface area contributed by atoms with Gasteiger partial charge in [0.2, 0.25) is 0 Å². The van der Waals surface area contributed by atoms with E-state index in [1.165, 1.54) is 0 Å². The number of methoxy groups -OCH3 is 1. The highest BCUT2D eigenvalue weighted by atomic mass is 16.6. The van der Waals surface area contributed by atoms with Gasteiger partial charge in [0.25, 0.3) is 0 Å². The molecule has 0 amide bonds. The zero-order chi connectivity index (χ0) is 13.1. The minimum Gasteiger partial charge on any atom is -0.463 e. The molecule has 0 aromatic heterocycles. The first-order chi connectivity index (χ1) is 8.16. The molecule has 0 fully saturated rings. The first kappa shape index (κ1) is 16.4. The van der Waals surface area contributed by atoms with Crippen molar-refractivity contribution in [2.24, 2.45) is 11.1 Å². The lowest BCUT2D eigenvalue weighted by molar-refractivity contribution is -0.157. The van der Waals surface area contributed by atoms with E-state index in [4.69, 9.17) is 19.9 Å². The molecule has 2 N–H and O–H groups in total. The fraction of sp³-hybridized carbons (Fsp3) is 0.917. The molecule has 0 aliphatic rings. The van der Waals surface area contributed by atoms with Crippen molar-refractivity contribution >= 4 is 5.97 Å². The van der Waals surface area contributed by atoms with Crippen LogP contribution >= 0.6 is 0 Å². The molecule has 5 nitrogen and oxygen atoms in total. The summed E-state index contributed by atoms with van der Waals surface area (Å²) < 4.78 is 15.2. The van der Waals surface area contributed by atoms with Gasteiger partial charge in [-0.3, -0.25) is 4.79 Å². The highest BCUT2D eigenvalue weighted by molar-refractivity contribution is 5.77. The zero-order valence-electron chi connectivity index (χ0n) is 11.2. The summed E-state index contributed by atoms with van der Waals surface area (Å²) in [4.78, 5) is 11.9. The molecule has 0 unspecified atom stereocenters. The van der Waals surface area contributed by atoms with Gasteiger partial charge in [0.1, 0.15) is 6.61 Å². The fourth-order valence-corrected chi connectivity index (χ4v) is 1.50. The number of hydrogen-bond acceptors (Lipinski definition) is 5. The lowest BCUT2D eigenvalue weighted by Crippen LogP contribution is -2.39. The Hall–Kier alpha value is -0.650.